The highest BCUT2D eigenvalue weighted by Gasteiger charge is 2.24. The summed E-state index contributed by atoms with van der Waals surface area (Å²) >= 11 is 0. The van der Waals surface area contributed by atoms with E-state index in [0.717, 1.165) is 17.4 Å². The van der Waals surface area contributed by atoms with Crippen LogP contribution in [-0.2, 0) is 9.53 Å². The third-order valence-corrected chi connectivity index (χ3v) is 7.75. The Bertz CT molecular complexity index is 232. The summed E-state index contributed by atoms with van der Waals surface area (Å²) < 4.78 is 6.33. The molecule has 0 aromatic rings. The zero-order valence-corrected chi connectivity index (χ0v) is 13.5. The van der Waals surface area contributed by atoms with Crippen molar-refractivity contribution in [2.45, 2.75) is 45.3 Å². The van der Waals surface area contributed by atoms with E-state index in [-0.39, 0.29) is 5.97 Å². The van der Waals surface area contributed by atoms with Crippen LogP contribution in [-0.4, -0.2) is 52.4 Å². The van der Waals surface area contributed by atoms with Crippen LogP contribution in [0.25, 0.3) is 0 Å². The highest BCUT2D eigenvalue weighted by molar-refractivity contribution is 6.78. The summed E-state index contributed by atoms with van der Waals surface area (Å²) in [6.45, 7) is 7.75. The number of nitrogens with zero attached hydrogens (tertiary/aromatic N) is 1. The molecule has 0 amide bonds. The molecule has 0 bridgehead atoms. The minimum Gasteiger partial charge on any atom is -0.469 e. The number of ether oxygens (including phenoxy) is 1. The van der Waals surface area contributed by atoms with Crippen LogP contribution in [0.1, 0.15) is 26.7 Å². The molecule has 0 aliphatic heterocycles. The van der Waals surface area contributed by atoms with Gasteiger partial charge in [0, 0.05) is 6.42 Å². The Kier molecular flexibility index (Phi) is 7.01. The molecule has 0 spiro atoms. The molecule has 102 valence electrons. The first kappa shape index (κ1) is 16.6. The van der Waals surface area contributed by atoms with Crippen molar-refractivity contribution in [3.05, 3.63) is 0 Å². The third kappa shape index (κ3) is 8.38. The second-order valence-electron chi connectivity index (χ2n) is 6.30. The predicted octanol–water partition coefficient (Wildman–Crippen LogP) is 2.67. The van der Waals surface area contributed by atoms with Crippen LogP contribution in [0.2, 0.25) is 18.6 Å². The average molecular weight is 260 g/mol. The Morgan fingerprint density at radius 3 is 2.12 bits per heavy atom. The van der Waals surface area contributed by atoms with Gasteiger partial charge in [-0.25, -0.2) is 0 Å². The molecule has 0 heterocycles. The molecule has 0 unspecified atom stereocenters. The summed E-state index contributed by atoms with van der Waals surface area (Å²) in [6.07, 6.45) is 2.18. The van der Waals surface area contributed by atoms with Gasteiger partial charge in [0.2, 0.25) is 0 Å². The summed E-state index contributed by atoms with van der Waals surface area (Å²) in [4.78, 5) is 11.6. The molecule has 0 atom stereocenters. The minimum absolute atomic E-state index is 0.0147. The fraction of sp³-hybridized carbons (Fsp3) is 0.923. The number of carbonyl (C=O) groups excluding carboxylic acids is 1. The summed E-state index contributed by atoms with van der Waals surface area (Å²) in [5.41, 5.74) is 0. The Morgan fingerprint density at radius 1 is 1.18 bits per heavy atom. The zero-order chi connectivity index (χ0) is 13.5. The largest absolute Gasteiger partial charge is 0.469 e. The molecule has 0 saturated heterocycles. The van der Waals surface area contributed by atoms with Gasteiger partial charge < -0.3 is 9.22 Å². The molecular formula is C13H30NO2Si+. The number of hydrogen-bond acceptors (Lipinski definition) is 2. The van der Waals surface area contributed by atoms with Crippen LogP contribution in [0.4, 0.5) is 0 Å². The van der Waals surface area contributed by atoms with E-state index in [9.17, 15) is 4.79 Å². The van der Waals surface area contributed by atoms with Crippen LogP contribution < -0.4 is 0 Å². The second kappa shape index (κ2) is 7.16. The molecule has 17 heavy (non-hydrogen) atoms. The van der Waals surface area contributed by atoms with E-state index in [1.54, 1.807) is 0 Å². The van der Waals surface area contributed by atoms with Crippen molar-refractivity contribution in [3.63, 3.8) is 0 Å². The average Bonchev–Trinajstić information content (AvgIpc) is 2.24. The lowest BCUT2D eigenvalue weighted by Crippen LogP contribution is -2.37. The molecule has 0 aromatic heterocycles. The van der Waals surface area contributed by atoms with Gasteiger partial charge in [-0.3, -0.25) is 4.79 Å². The molecule has 0 aromatic carbocycles. The lowest BCUT2D eigenvalue weighted by molar-refractivity contribution is -0.870. The monoisotopic (exact) mass is 260 g/mol. The third-order valence-electron chi connectivity index (χ3n) is 3.50. The second-order valence-corrected chi connectivity index (χ2v) is 11.6. The van der Waals surface area contributed by atoms with E-state index in [0.29, 0.717) is 12.7 Å². The first-order valence-electron chi connectivity index (χ1n) is 6.68. The van der Waals surface area contributed by atoms with Gasteiger partial charge in [-0.05, 0) is 0 Å². The van der Waals surface area contributed by atoms with Crippen LogP contribution >= 0.6 is 0 Å². The molecule has 0 rings (SSSR count). The van der Waals surface area contributed by atoms with Crippen molar-refractivity contribution in [2.75, 3.05) is 33.9 Å². The van der Waals surface area contributed by atoms with Crippen LogP contribution in [0.5, 0.6) is 0 Å². The smallest absolute Gasteiger partial charge is 0.305 e. The quantitative estimate of drug-likeness (QED) is 0.381. The molecule has 0 N–H and O–H groups in total. The molecular weight excluding hydrogens is 230 g/mol. The number of hydrogen-bond donors (Lipinski definition) is 0. The molecule has 0 radical (unpaired) electrons. The summed E-state index contributed by atoms with van der Waals surface area (Å²) in [5.74, 6) is -0.0147. The Hall–Kier alpha value is -0.353. The standard InChI is InChI=1S/C13H30NO2Si/c1-7-17(6,8-2)12-16-13(15)10-9-11-14(3,4)5/h7-12H2,1-6H3/q+1. The first-order chi connectivity index (χ1) is 7.72. The van der Waals surface area contributed by atoms with E-state index in [4.69, 9.17) is 4.74 Å². The van der Waals surface area contributed by atoms with Gasteiger partial charge in [-0.2, -0.15) is 0 Å². The van der Waals surface area contributed by atoms with Crippen molar-refractivity contribution in [1.29, 1.82) is 0 Å². The SMILES string of the molecule is CC[Si](C)(CC)COC(=O)CCC[N+](C)(C)C. The number of esters is 1. The maximum absolute atomic E-state index is 11.6. The van der Waals surface area contributed by atoms with Crippen molar-refractivity contribution < 1.29 is 14.0 Å². The summed E-state index contributed by atoms with van der Waals surface area (Å²) in [7, 11) is 5.14. The Morgan fingerprint density at radius 2 is 1.71 bits per heavy atom. The summed E-state index contributed by atoms with van der Waals surface area (Å²) in [5, 5.41) is 0. The van der Waals surface area contributed by atoms with Gasteiger partial charge in [0.25, 0.3) is 0 Å². The number of carbonyl (C=O) groups is 1. The lowest BCUT2D eigenvalue weighted by atomic mass is 10.3. The van der Waals surface area contributed by atoms with E-state index in [1.165, 1.54) is 12.1 Å². The maximum Gasteiger partial charge on any atom is 0.305 e. The molecule has 0 fully saturated rings. The molecule has 0 saturated carbocycles. The minimum atomic E-state index is -1.28. The summed E-state index contributed by atoms with van der Waals surface area (Å²) in [6, 6.07) is 2.38. The number of quaternary nitrogens is 1. The fourth-order valence-electron chi connectivity index (χ4n) is 1.48. The van der Waals surface area contributed by atoms with Gasteiger partial charge in [0.1, 0.15) is 0 Å². The maximum atomic E-state index is 11.6. The van der Waals surface area contributed by atoms with E-state index < -0.39 is 8.07 Å². The topological polar surface area (TPSA) is 26.3 Å². The first-order valence-corrected chi connectivity index (χ1v) is 9.80. The molecule has 3 nitrogen and oxygen atoms in total. The van der Waals surface area contributed by atoms with E-state index in [2.05, 4.69) is 41.5 Å². The van der Waals surface area contributed by atoms with Gasteiger partial charge in [-0.15, -0.1) is 0 Å². The van der Waals surface area contributed by atoms with E-state index >= 15 is 0 Å². The molecule has 4 heteroatoms. The lowest BCUT2D eigenvalue weighted by Gasteiger charge is -2.24. The van der Waals surface area contributed by atoms with Crippen molar-refractivity contribution >= 4 is 14.0 Å². The van der Waals surface area contributed by atoms with E-state index in [1.807, 2.05) is 0 Å². The highest BCUT2D eigenvalue weighted by Crippen LogP contribution is 2.15. The van der Waals surface area contributed by atoms with Gasteiger partial charge in [-0.1, -0.05) is 32.5 Å². The van der Waals surface area contributed by atoms with Gasteiger partial charge >= 0.3 is 5.97 Å². The van der Waals surface area contributed by atoms with Crippen LogP contribution in [0.3, 0.4) is 0 Å². The van der Waals surface area contributed by atoms with Crippen molar-refractivity contribution in [1.82, 2.24) is 0 Å². The zero-order valence-electron chi connectivity index (χ0n) is 12.5. The van der Waals surface area contributed by atoms with Crippen molar-refractivity contribution in [3.8, 4) is 0 Å². The highest BCUT2D eigenvalue weighted by atomic mass is 28.3. The molecule has 0 aliphatic carbocycles. The van der Waals surface area contributed by atoms with Gasteiger partial charge in [0.15, 0.2) is 0 Å². The molecule has 0 aliphatic rings. The predicted molar refractivity (Wildman–Crippen MR) is 75.7 cm³/mol. The van der Waals surface area contributed by atoms with Gasteiger partial charge in [0.05, 0.1) is 48.4 Å². The number of rotatable bonds is 8. The van der Waals surface area contributed by atoms with Crippen LogP contribution in [0, 0.1) is 0 Å². The van der Waals surface area contributed by atoms with Crippen LogP contribution in [0.15, 0.2) is 0 Å². The van der Waals surface area contributed by atoms with Crippen molar-refractivity contribution in [2.24, 2.45) is 0 Å². The Balaban J connectivity index is 3.81. The Labute approximate surface area is 108 Å². The fourth-order valence-corrected chi connectivity index (χ4v) is 2.90. The normalized spacial score (nSPS) is 12.6.